The Balaban J connectivity index is 1.37. The zero-order valence-corrected chi connectivity index (χ0v) is 18.3. The van der Waals surface area contributed by atoms with Crippen molar-refractivity contribution in [2.75, 3.05) is 60.5 Å². The van der Waals surface area contributed by atoms with E-state index in [1.165, 1.54) is 5.56 Å². The van der Waals surface area contributed by atoms with Gasteiger partial charge in [-0.3, -0.25) is 9.69 Å². The van der Waals surface area contributed by atoms with E-state index in [1.807, 2.05) is 43.4 Å². The van der Waals surface area contributed by atoms with Gasteiger partial charge in [-0.1, -0.05) is 24.3 Å². The van der Waals surface area contributed by atoms with Gasteiger partial charge in [0, 0.05) is 46.3 Å². The summed E-state index contributed by atoms with van der Waals surface area (Å²) >= 11 is 0. The normalized spacial score (nSPS) is 15.0. The summed E-state index contributed by atoms with van der Waals surface area (Å²) in [4.78, 5) is 19.2. The number of ether oxygens (including phenoxy) is 2. The van der Waals surface area contributed by atoms with Gasteiger partial charge in [-0.15, -0.1) is 0 Å². The van der Waals surface area contributed by atoms with Crippen molar-refractivity contribution in [3.05, 3.63) is 59.7 Å². The van der Waals surface area contributed by atoms with Crippen molar-refractivity contribution in [1.82, 2.24) is 14.7 Å². The highest BCUT2D eigenvalue weighted by atomic mass is 16.5. The van der Waals surface area contributed by atoms with Crippen molar-refractivity contribution < 1.29 is 14.3 Å². The average Bonchev–Trinajstić information content (AvgIpc) is 2.79. The summed E-state index contributed by atoms with van der Waals surface area (Å²) in [5.74, 6) is 1.89. The van der Waals surface area contributed by atoms with E-state index in [-0.39, 0.29) is 5.91 Å². The van der Waals surface area contributed by atoms with Gasteiger partial charge in [0.1, 0.15) is 11.5 Å². The number of hydrogen-bond donors (Lipinski definition) is 0. The van der Waals surface area contributed by atoms with Gasteiger partial charge >= 0.3 is 0 Å². The lowest BCUT2D eigenvalue weighted by Gasteiger charge is -2.35. The molecule has 0 bridgehead atoms. The summed E-state index contributed by atoms with van der Waals surface area (Å²) in [5.41, 5.74) is 2.43. The summed E-state index contributed by atoms with van der Waals surface area (Å²) in [6.45, 7) is 6.03. The minimum absolute atomic E-state index is 0.164. The minimum Gasteiger partial charge on any atom is -0.497 e. The molecular formula is C24H33N3O3. The molecule has 0 saturated carbocycles. The van der Waals surface area contributed by atoms with Crippen molar-refractivity contribution >= 4 is 5.91 Å². The van der Waals surface area contributed by atoms with Crippen LogP contribution in [-0.2, 0) is 17.8 Å². The number of nitrogens with zero attached hydrogens (tertiary/aromatic N) is 3. The van der Waals surface area contributed by atoms with Crippen LogP contribution >= 0.6 is 0 Å². The molecule has 3 rings (SSSR count). The van der Waals surface area contributed by atoms with Crippen molar-refractivity contribution in [3.8, 4) is 11.5 Å². The molecular weight excluding hydrogens is 378 g/mol. The number of carbonyl (C=O) groups is 1. The summed E-state index contributed by atoms with van der Waals surface area (Å²) in [7, 11) is 5.22. The highest BCUT2D eigenvalue weighted by Gasteiger charge is 2.20. The Labute approximate surface area is 180 Å². The first-order chi connectivity index (χ1) is 14.6. The van der Waals surface area contributed by atoms with Crippen LogP contribution in [0.5, 0.6) is 11.5 Å². The lowest BCUT2D eigenvalue weighted by Crippen LogP contribution is -2.49. The molecule has 6 nitrogen and oxygen atoms in total. The third-order valence-corrected chi connectivity index (χ3v) is 5.70. The minimum atomic E-state index is 0.164. The van der Waals surface area contributed by atoms with E-state index >= 15 is 0 Å². The highest BCUT2D eigenvalue weighted by molar-refractivity contribution is 5.78. The number of hydrogen-bond acceptors (Lipinski definition) is 5. The van der Waals surface area contributed by atoms with Crippen LogP contribution in [0.1, 0.15) is 11.1 Å². The molecule has 0 aliphatic carbocycles. The zero-order valence-electron chi connectivity index (χ0n) is 18.3. The van der Waals surface area contributed by atoms with E-state index < -0.39 is 0 Å². The Morgan fingerprint density at radius 1 is 0.833 bits per heavy atom. The predicted molar refractivity (Wildman–Crippen MR) is 119 cm³/mol. The van der Waals surface area contributed by atoms with Gasteiger partial charge in [-0.25, -0.2) is 0 Å². The first-order valence-electron chi connectivity index (χ1n) is 10.5. The second-order valence-corrected chi connectivity index (χ2v) is 7.81. The lowest BCUT2D eigenvalue weighted by molar-refractivity contribution is -0.132. The first kappa shape index (κ1) is 22.1. The van der Waals surface area contributed by atoms with Gasteiger partial charge in [0.2, 0.25) is 5.91 Å². The molecule has 0 aromatic heterocycles. The van der Waals surface area contributed by atoms with Crippen LogP contribution in [-0.4, -0.2) is 81.1 Å². The molecule has 0 N–H and O–H groups in total. The fourth-order valence-corrected chi connectivity index (χ4v) is 3.66. The first-order valence-corrected chi connectivity index (χ1v) is 10.5. The van der Waals surface area contributed by atoms with E-state index in [1.54, 1.807) is 19.1 Å². The number of methoxy groups -OCH3 is 2. The van der Waals surface area contributed by atoms with Crippen LogP contribution in [0.4, 0.5) is 0 Å². The smallest absolute Gasteiger partial charge is 0.236 e. The number of amides is 1. The highest BCUT2D eigenvalue weighted by Crippen LogP contribution is 2.14. The van der Waals surface area contributed by atoms with E-state index in [0.717, 1.165) is 56.2 Å². The average molecular weight is 412 g/mol. The predicted octanol–water partition coefficient (Wildman–Crippen LogP) is 2.52. The van der Waals surface area contributed by atoms with Crippen LogP contribution < -0.4 is 9.47 Å². The number of rotatable bonds is 9. The Morgan fingerprint density at radius 3 is 1.87 bits per heavy atom. The molecule has 1 aliphatic rings. The Bertz CT molecular complexity index is 784. The van der Waals surface area contributed by atoms with Crippen LogP contribution in [0, 0.1) is 0 Å². The van der Waals surface area contributed by atoms with Crippen LogP contribution in [0.15, 0.2) is 48.5 Å². The Hall–Kier alpha value is -2.57. The van der Waals surface area contributed by atoms with Gasteiger partial charge < -0.3 is 19.3 Å². The number of carbonyl (C=O) groups excluding carboxylic acids is 1. The molecule has 2 aromatic rings. The molecule has 1 aliphatic heterocycles. The van der Waals surface area contributed by atoms with E-state index in [4.69, 9.17) is 9.47 Å². The summed E-state index contributed by atoms with van der Waals surface area (Å²) in [6, 6.07) is 16.2. The lowest BCUT2D eigenvalue weighted by atomic mass is 10.1. The third-order valence-electron chi connectivity index (χ3n) is 5.70. The van der Waals surface area contributed by atoms with Crippen molar-refractivity contribution in [1.29, 1.82) is 0 Å². The topological polar surface area (TPSA) is 45.2 Å². The summed E-state index contributed by atoms with van der Waals surface area (Å²) < 4.78 is 10.4. The Morgan fingerprint density at radius 2 is 1.33 bits per heavy atom. The van der Waals surface area contributed by atoms with Crippen LogP contribution in [0.25, 0.3) is 0 Å². The Kier molecular flexibility index (Phi) is 8.11. The van der Waals surface area contributed by atoms with E-state index in [2.05, 4.69) is 21.9 Å². The molecule has 0 unspecified atom stereocenters. The molecule has 0 atom stereocenters. The van der Waals surface area contributed by atoms with Gasteiger partial charge in [0.15, 0.2) is 0 Å². The number of piperazine rings is 1. The maximum Gasteiger partial charge on any atom is 0.236 e. The molecule has 2 aromatic carbocycles. The van der Waals surface area contributed by atoms with Crippen molar-refractivity contribution in [3.63, 3.8) is 0 Å². The number of benzene rings is 2. The fraction of sp³-hybridized carbons (Fsp3) is 0.458. The molecule has 162 valence electrons. The molecule has 1 amide bonds. The number of likely N-dealkylation sites (N-methyl/N-ethyl adjacent to an activating group) is 1. The second-order valence-electron chi connectivity index (χ2n) is 7.81. The third kappa shape index (κ3) is 6.47. The van der Waals surface area contributed by atoms with Crippen LogP contribution in [0.3, 0.4) is 0 Å². The standard InChI is InChI=1S/C24H33N3O3/c1-25(18-21-6-10-23(30-3)11-7-21)24(28)19-27-16-14-26(15-17-27)13-12-20-4-8-22(29-2)9-5-20/h4-11H,12-19H2,1-3H3. The molecule has 6 heteroatoms. The van der Waals surface area contributed by atoms with Crippen molar-refractivity contribution in [2.45, 2.75) is 13.0 Å². The van der Waals surface area contributed by atoms with E-state index in [0.29, 0.717) is 13.1 Å². The monoisotopic (exact) mass is 411 g/mol. The van der Waals surface area contributed by atoms with E-state index in [9.17, 15) is 4.79 Å². The summed E-state index contributed by atoms with van der Waals surface area (Å²) in [6.07, 6.45) is 1.04. The summed E-state index contributed by atoms with van der Waals surface area (Å²) in [5, 5.41) is 0. The largest absolute Gasteiger partial charge is 0.497 e. The van der Waals surface area contributed by atoms with Gasteiger partial charge in [0.05, 0.1) is 20.8 Å². The molecule has 0 radical (unpaired) electrons. The quantitative estimate of drug-likeness (QED) is 0.635. The van der Waals surface area contributed by atoms with Crippen LogP contribution in [0.2, 0.25) is 0 Å². The maximum absolute atomic E-state index is 12.6. The zero-order chi connectivity index (χ0) is 21.3. The molecule has 30 heavy (non-hydrogen) atoms. The SMILES string of the molecule is COc1ccc(CCN2CCN(CC(=O)N(C)Cc3ccc(OC)cc3)CC2)cc1. The molecule has 1 heterocycles. The van der Waals surface area contributed by atoms with Gasteiger partial charge in [-0.2, -0.15) is 0 Å². The molecule has 1 saturated heterocycles. The van der Waals surface area contributed by atoms with Crippen molar-refractivity contribution in [2.24, 2.45) is 0 Å². The maximum atomic E-state index is 12.6. The molecule has 0 spiro atoms. The second kappa shape index (κ2) is 11.0. The van der Waals surface area contributed by atoms with Gasteiger partial charge in [-0.05, 0) is 41.8 Å². The van der Waals surface area contributed by atoms with Gasteiger partial charge in [0.25, 0.3) is 0 Å². The fourth-order valence-electron chi connectivity index (χ4n) is 3.66. The molecule has 1 fully saturated rings.